The Bertz CT molecular complexity index is 166. The Morgan fingerprint density at radius 3 is 2.91 bits per heavy atom. The molecule has 0 saturated heterocycles. The Hall–Kier alpha value is -0.770. The third-order valence-electron chi connectivity index (χ3n) is 2.47. The Kier molecular flexibility index (Phi) is 3.16. The van der Waals surface area contributed by atoms with Crippen molar-refractivity contribution in [3.63, 3.8) is 0 Å². The Balaban J connectivity index is 2.20. The topological polar surface area (TPSA) is 17.1 Å². The van der Waals surface area contributed by atoms with E-state index in [1.807, 2.05) is 0 Å². The maximum Gasteiger partial charge on any atom is 0.120 e. The van der Waals surface area contributed by atoms with Crippen molar-refractivity contribution < 1.29 is 4.79 Å². The van der Waals surface area contributed by atoms with Crippen molar-refractivity contribution in [3.8, 4) is 12.3 Å². The normalized spacial score (nSPS) is 29.7. The Labute approximate surface area is 68.2 Å². The summed E-state index contributed by atoms with van der Waals surface area (Å²) in [4.78, 5) is 10.1. The van der Waals surface area contributed by atoms with Gasteiger partial charge in [0.05, 0.1) is 0 Å². The number of hydrogen-bond donors (Lipinski definition) is 0. The van der Waals surface area contributed by atoms with Crippen molar-refractivity contribution in [3.05, 3.63) is 0 Å². The molecule has 1 aliphatic carbocycles. The zero-order valence-electron chi connectivity index (χ0n) is 6.75. The molecule has 0 spiro atoms. The fourth-order valence-electron chi connectivity index (χ4n) is 1.79. The minimum Gasteiger partial charge on any atom is -0.303 e. The van der Waals surface area contributed by atoms with E-state index in [-0.39, 0.29) is 0 Å². The van der Waals surface area contributed by atoms with Gasteiger partial charge in [-0.05, 0) is 31.6 Å². The molecule has 0 aliphatic heterocycles. The zero-order valence-corrected chi connectivity index (χ0v) is 6.75. The van der Waals surface area contributed by atoms with Gasteiger partial charge >= 0.3 is 0 Å². The fraction of sp³-hybridized carbons (Fsp3) is 0.700. The molecule has 0 radical (unpaired) electrons. The van der Waals surface area contributed by atoms with Crippen LogP contribution in [0.25, 0.3) is 0 Å². The van der Waals surface area contributed by atoms with Gasteiger partial charge in [-0.25, -0.2) is 0 Å². The quantitative estimate of drug-likeness (QED) is 0.444. The highest BCUT2D eigenvalue weighted by atomic mass is 16.1. The van der Waals surface area contributed by atoms with Gasteiger partial charge in [0.25, 0.3) is 0 Å². The molecule has 0 aromatic heterocycles. The molecule has 0 N–H and O–H groups in total. The molecule has 0 amide bonds. The lowest BCUT2D eigenvalue weighted by Gasteiger charge is -2.04. The van der Waals surface area contributed by atoms with Crippen molar-refractivity contribution >= 4 is 6.29 Å². The van der Waals surface area contributed by atoms with Crippen LogP contribution in [-0.2, 0) is 4.79 Å². The van der Waals surface area contributed by atoms with Gasteiger partial charge in [-0.1, -0.05) is 0 Å². The molecular weight excluding hydrogens is 136 g/mol. The van der Waals surface area contributed by atoms with Gasteiger partial charge in [0.15, 0.2) is 0 Å². The van der Waals surface area contributed by atoms with Crippen molar-refractivity contribution in [2.75, 3.05) is 0 Å². The van der Waals surface area contributed by atoms with Gasteiger partial charge in [0.1, 0.15) is 6.29 Å². The molecule has 1 rings (SSSR count). The molecule has 2 unspecified atom stereocenters. The second kappa shape index (κ2) is 4.18. The molecule has 0 aromatic carbocycles. The predicted octanol–water partition coefficient (Wildman–Crippen LogP) is 2.01. The summed E-state index contributed by atoms with van der Waals surface area (Å²) in [5, 5.41) is 0. The summed E-state index contributed by atoms with van der Waals surface area (Å²) in [7, 11) is 0. The fourth-order valence-corrected chi connectivity index (χ4v) is 1.79. The van der Waals surface area contributed by atoms with Crippen LogP contribution < -0.4 is 0 Å². The van der Waals surface area contributed by atoms with E-state index >= 15 is 0 Å². The summed E-state index contributed by atoms with van der Waals surface area (Å²) < 4.78 is 0. The first-order valence-electron chi connectivity index (χ1n) is 4.26. The molecule has 1 fully saturated rings. The van der Waals surface area contributed by atoms with Crippen LogP contribution in [0.4, 0.5) is 0 Å². The molecule has 1 saturated carbocycles. The van der Waals surface area contributed by atoms with E-state index in [4.69, 9.17) is 6.42 Å². The highest BCUT2D eigenvalue weighted by molar-refractivity contribution is 5.49. The molecule has 1 heteroatoms. The largest absolute Gasteiger partial charge is 0.303 e. The minimum absolute atomic E-state index is 0.492. The summed E-state index contributed by atoms with van der Waals surface area (Å²) in [5.74, 6) is 4.00. The van der Waals surface area contributed by atoms with Gasteiger partial charge in [0.2, 0.25) is 0 Å². The third-order valence-corrected chi connectivity index (χ3v) is 2.47. The van der Waals surface area contributed by atoms with Crippen molar-refractivity contribution in [2.45, 2.75) is 32.1 Å². The Morgan fingerprint density at radius 2 is 2.36 bits per heavy atom. The van der Waals surface area contributed by atoms with E-state index in [1.165, 1.54) is 12.8 Å². The van der Waals surface area contributed by atoms with Crippen LogP contribution in [0.3, 0.4) is 0 Å². The molecule has 60 valence electrons. The van der Waals surface area contributed by atoms with Crippen LogP contribution in [0.15, 0.2) is 0 Å². The number of carbonyl (C=O) groups excluding carboxylic acids is 1. The standard InChI is InChI=1S/C10H14O/c1-2-9-5-6-10(8-9)4-3-7-11/h1,7,9-10H,3-6,8H2. The minimum atomic E-state index is 0.492. The number of rotatable bonds is 3. The molecular formula is C10H14O. The van der Waals surface area contributed by atoms with E-state index in [9.17, 15) is 4.79 Å². The first-order valence-corrected chi connectivity index (χ1v) is 4.26. The van der Waals surface area contributed by atoms with Crippen LogP contribution >= 0.6 is 0 Å². The second-order valence-electron chi connectivity index (χ2n) is 3.29. The average molecular weight is 150 g/mol. The summed E-state index contributed by atoms with van der Waals surface area (Å²) in [6.45, 7) is 0. The Morgan fingerprint density at radius 1 is 1.55 bits per heavy atom. The maximum absolute atomic E-state index is 10.1. The molecule has 2 atom stereocenters. The van der Waals surface area contributed by atoms with Crippen molar-refractivity contribution in [2.24, 2.45) is 11.8 Å². The van der Waals surface area contributed by atoms with Crippen LogP contribution in [0.5, 0.6) is 0 Å². The van der Waals surface area contributed by atoms with Gasteiger partial charge in [-0.3, -0.25) is 0 Å². The van der Waals surface area contributed by atoms with Gasteiger partial charge in [-0.2, -0.15) is 0 Å². The first-order chi connectivity index (χ1) is 5.36. The number of terminal acetylenes is 1. The van der Waals surface area contributed by atoms with E-state index in [2.05, 4.69) is 5.92 Å². The smallest absolute Gasteiger partial charge is 0.120 e. The van der Waals surface area contributed by atoms with Crippen LogP contribution in [-0.4, -0.2) is 6.29 Å². The summed E-state index contributed by atoms with van der Waals surface area (Å²) in [6, 6.07) is 0. The lowest BCUT2D eigenvalue weighted by molar-refractivity contribution is -0.108. The van der Waals surface area contributed by atoms with Gasteiger partial charge in [-0.15, -0.1) is 12.3 Å². The molecule has 0 bridgehead atoms. The number of aldehydes is 1. The SMILES string of the molecule is C#CC1CCC(CCC=O)C1. The monoisotopic (exact) mass is 150 g/mol. The van der Waals surface area contributed by atoms with E-state index in [1.54, 1.807) is 0 Å². The average Bonchev–Trinajstić information content (AvgIpc) is 2.48. The van der Waals surface area contributed by atoms with Crippen LogP contribution in [0.2, 0.25) is 0 Å². The second-order valence-corrected chi connectivity index (χ2v) is 3.29. The highest BCUT2D eigenvalue weighted by Crippen LogP contribution is 2.32. The summed E-state index contributed by atoms with van der Waals surface area (Å²) in [5.41, 5.74) is 0. The first kappa shape index (κ1) is 8.33. The highest BCUT2D eigenvalue weighted by Gasteiger charge is 2.22. The molecule has 0 heterocycles. The number of carbonyl (C=O) groups is 1. The van der Waals surface area contributed by atoms with Crippen molar-refractivity contribution in [1.29, 1.82) is 0 Å². The third kappa shape index (κ3) is 2.38. The molecule has 1 nitrogen and oxygen atoms in total. The van der Waals surface area contributed by atoms with Crippen LogP contribution in [0.1, 0.15) is 32.1 Å². The summed E-state index contributed by atoms with van der Waals surface area (Å²) in [6.07, 6.45) is 11.6. The molecule has 0 aromatic rings. The van der Waals surface area contributed by atoms with Gasteiger partial charge < -0.3 is 4.79 Å². The van der Waals surface area contributed by atoms with E-state index in [0.717, 1.165) is 25.0 Å². The molecule has 11 heavy (non-hydrogen) atoms. The lowest BCUT2D eigenvalue weighted by atomic mass is 10.0. The van der Waals surface area contributed by atoms with E-state index < -0.39 is 0 Å². The summed E-state index contributed by atoms with van der Waals surface area (Å²) >= 11 is 0. The van der Waals surface area contributed by atoms with Crippen molar-refractivity contribution in [1.82, 2.24) is 0 Å². The zero-order chi connectivity index (χ0) is 8.10. The maximum atomic E-state index is 10.1. The molecule has 1 aliphatic rings. The lowest BCUT2D eigenvalue weighted by Crippen LogP contribution is -1.95. The predicted molar refractivity (Wildman–Crippen MR) is 45.0 cm³/mol. The van der Waals surface area contributed by atoms with Crippen LogP contribution in [0, 0.1) is 24.2 Å². The number of hydrogen-bond acceptors (Lipinski definition) is 1. The van der Waals surface area contributed by atoms with E-state index in [0.29, 0.717) is 12.3 Å². The van der Waals surface area contributed by atoms with Gasteiger partial charge in [0, 0.05) is 12.3 Å².